The second-order valence-electron chi connectivity index (χ2n) is 4.93. The molecule has 1 rings (SSSR count). The van der Waals surface area contributed by atoms with Crippen LogP contribution >= 0.6 is 0 Å². The minimum atomic E-state index is -1.47. The maximum Gasteiger partial charge on any atom is 0.488 e. The van der Waals surface area contributed by atoms with Crippen LogP contribution in [0.5, 0.6) is 5.75 Å². The molecule has 0 bridgehead atoms. The molecule has 0 atom stereocenters. The third-order valence-corrected chi connectivity index (χ3v) is 2.44. The van der Waals surface area contributed by atoms with Gasteiger partial charge in [-0.1, -0.05) is 32.9 Å². The summed E-state index contributed by atoms with van der Waals surface area (Å²) in [6, 6.07) is 5.11. The molecule has 0 aliphatic rings. The van der Waals surface area contributed by atoms with Crippen LogP contribution in [0.3, 0.4) is 0 Å². The summed E-state index contributed by atoms with van der Waals surface area (Å²) in [6.45, 7) is 6.28. The second-order valence-corrected chi connectivity index (χ2v) is 4.93. The molecule has 0 aliphatic carbocycles. The highest BCUT2D eigenvalue weighted by atomic mass is 16.7. The molecule has 2 N–H and O–H groups in total. The Hall–Kier alpha value is -1.04. The highest BCUT2D eigenvalue weighted by Crippen LogP contribution is 2.30. The molecule has 0 amide bonds. The van der Waals surface area contributed by atoms with E-state index in [0.29, 0.717) is 11.2 Å². The minimum absolute atomic E-state index is 0.145. The number of benzene rings is 1. The first-order valence-electron chi connectivity index (χ1n) is 5.48. The second kappa shape index (κ2) is 5.53. The predicted octanol–water partition coefficient (Wildman–Crippen LogP) is 0.647. The molecule has 0 aromatic heterocycles. The lowest BCUT2D eigenvalue weighted by Crippen LogP contribution is -2.31. The zero-order chi connectivity index (χ0) is 13.1. The van der Waals surface area contributed by atoms with Gasteiger partial charge in [-0.05, 0) is 22.5 Å². The Balaban J connectivity index is 3.13. The molecule has 0 unspecified atom stereocenters. The van der Waals surface area contributed by atoms with Crippen molar-refractivity contribution in [3.63, 3.8) is 0 Å². The fraction of sp³-hybridized carbons (Fsp3) is 0.500. The van der Waals surface area contributed by atoms with Gasteiger partial charge in [0.25, 0.3) is 0 Å². The number of hydrogen-bond acceptors (Lipinski definition) is 4. The summed E-state index contributed by atoms with van der Waals surface area (Å²) in [5, 5.41) is 18.3. The van der Waals surface area contributed by atoms with Crippen molar-refractivity contribution in [2.24, 2.45) is 0 Å². The van der Waals surface area contributed by atoms with Gasteiger partial charge < -0.3 is 19.5 Å². The van der Waals surface area contributed by atoms with Crippen LogP contribution in [-0.4, -0.2) is 31.1 Å². The average Bonchev–Trinajstić information content (AvgIpc) is 2.24. The van der Waals surface area contributed by atoms with E-state index in [4.69, 9.17) is 9.47 Å². The lowest BCUT2D eigenvalue weighted by atomic mass is 9.76. The number of rotatable bonds is 4. The van der Waals surface area contributed by atoms with Gasteiger partial charge in [-0.3, -0.25) is 0 Å². The first kappa shape index (κ1) is 14.0. The van der Waals surface area contributed by atoms with Crippen LogP contribution in [0.2, 0.25) is 0 Å². The van der Waals surface area contributed by atoms with Crippen molar-refractivity contribution in [2.75, 3.05) is 13.9 Å². The van der Waals surface area contributed by atoms with Crippen LogP contribution in [-0.2, 0) is 10.2 Å². The van der Waals surface area contributed by atoms with Gasteiger partial charge in [0.1, 0.15) is 5.75 Å². The van der Waals surface area contributed by atoms with Gasteiger partial charge >= 0.3 is 7.12 Å². The van der Waals surface area contributed by atoms with Gasteiger partial charge in [0.15, 0.2) is 6.79 Å². The maximum absolute atomic E-state index is 9.17. The van der Waals surface area contributed by atoms with E-state index in [1.807, 2.05) is 20.8 Å². The Morgan fingerprint density at radius 2 is 1.88 bits per heavy atom. The maximum atomic E-state index is 9.17. The molecular formula is C12H19BO4. The summed E-state index contributed by atoms with van der Waals surface area (Å²) in [6.07, 6.45) is 0. The van der Waals surface area contributed by atoms with Crippen LogP contribution in [0, 0.1) is 0 Å². The van der Waals surface area contributed by atoms with Crippen molar-refractivity contribution in [1.82, 2.24) is 0 Å². The summed E-state index contributed by atoms with van der Waals surface area (Å²) in [7, 11) is 0.0929. The summed E-state index contributed by atoms with van der Waals surface area (Å²) >= 11 is 0. The molecule has 4 nitrogen and oxygen atoms in total. The molecular weight excluding hydrogens is 219 g/mol. The van der Waals surface area contributed by atoms with E-state index in [0.717, 1.165) is 5.56 Å². The van der Waals surface area contributed by atoms with Crippen LogP contribution in [0.4, 0.5) is 0 Å². The van der Waals surface area contributed by atoms with Gasteiger partial charge in [-0.15, -0.1) is 0 Å². The van der Waals surface area contributed by atoms with Crippen LogP contribution < -0.4 is 10.2 Å². The molecule has 0 radical (unpaired) electrons. The highest BCUT2D eigenvalue weighted by molar-refractivity contribution is 6.58. The van der Waals surface area contributed by atoms with Crippen LogP contribution in [0.25, 0.3) is 0 Å². The van der Waals surface area contributed by atoms with Crippen molar-refractivity contribution < 1.29 is 19.5 Å². The zero-order valence-electron chi connectivity index (χ0n) is 10.7. The Kier molecular flexibility index (Phi) is 4.57. The molecule has 0 saturated heterocycles. The third-order valence-electron chi connectivity index (χ3n) is 2.44. The molecule has 1 aromatic carbocycles. The Bertz CT molecular complexity index is 371. The Morgan fingerprint density at radius 3 is 2.35 bits per heavy atom. The molecule has 1 aromatic rings. The lowest BCUT2D eigenvalue weighted by Gasteiger charge is -2.23. The van der Waals surface area contributed by atoms with E-state index in [9.17, 15) is 10.0 Å². The SMILES string of the molecule is COCOc1ccc(B(O)O)cc1C(C)(C)C. The molecule has 0 saturated carbocycles. The summed E-state index contributed by atoms with van der Waals surface area (Å²) in [5.74, 6) is 0.698. The summed E-state index contributed by atoms with van der Waals surface area (Å²) in [4.78, 5) is 0. The Labute approximate surface area is 102 Å². The first-order chi connectivity index (χ1) is 7.86. The fourth-order valence-corrected chi connectivity index (χ4v) is 1.54. The van der Waals surface area contributed by atoms with Crippen LogP contribution in [0.15, 0.2) is 18.2 Å². The molecule has 5 heteroatoms. The monoisotopic (exact) mass is 238 g/mol. The smallest absolute Gasteiger partial charge is 0.467 e. The lowest BCUT2D eigenvalue weighted by molar-refractivity contribution is 0.0498. The van der Waals surface area contributed by atoms with Gasteiger partial charge in [0, 0.05) is 7.11 Å². The van der Waals surface area contributed by atoms with Crippen molar-refractivity contribution in [2.45, 2.75) is 26.2 Å². The van der Waals surface area contributed by atoms with Gasteiger partial charge in [-0.25, -0.2) is 0 Å². The van der Waals surface area contributed by atoms with E-state index in [-0.39, 0.29) is 12.2 Å². The molecule has 94 valence electrons. The van der Waals surface area contributed by atoms with E-state index in [1.54, 1.807) is 25.3 Å². The van der Waals surface area contributed by atoms with Gasteiger partial charge in [-0.2, -0.15) is 0 Å². The van der Waals surface area contributed by atoms with Crippen molar-refractivity contribution in [3.8, 4) is 5.75 Å². The summed E-state index contributed by atoms with van der Waals surface area (Å²) in [5.41, 5.74) is 1.23. The van der Waals surface area contributed by atoms with E-state index in [2.05, 4.69) is 0 Å². The standard InChI is InChI=1S/C12H19BO4/c1-12(2,3)10-7-9(13(14)15)5-6-11(10)17-8-16-4/h5-7,14-15H,8H2,1-4H3. The van der Waals surface area contributed by atoms with E-state index in [1.165, 1.54) is 0 Å². The normalized spacial score (nSPS) is 11.4. The highest BCUT2D eigenvalue weighted by Gasteiger charge is 2.22. The van der Waals surface area contributed by atoms with E-state index < -0.39 is 7.12 Å². The summed E-state index contributed by atoms with van der Waals surface area (Å²) < 4.78 is 10.3. The zero-order valence-corrected chi connectivity index (χ0v) is 10.7. The van der Waals surface area contributed by atoms with Gasteiger partial charge in [0.2, 0.25) is 0 Å². The van der Waals surface area contributed by atoms with Gasteiger partial charge in [0.05, 0.1) is 0 Å². The number of methoxy groups -OCH3 is 1. The molecule has 0 aliphatic heterocycles. The predicted molar refractivity (Wildman–Crippen MR) is 67.5 cm³/mol. The van der Waals surface area contributed by atoms with Crippen LogP contribution in [0.1, 0.15) is 26.3 Å². The minimum Gasteiger partial charge on any atom is -0.467 e. The van der Waals surface area contributed by atoms with Crippen molar-refractivity contribution in [1.29, 1.82) is 0 Å². The largest absolute Gasteiger partial charge is 0.488 e. The first-order valence-corrected chi connectivity index (χ1v) is 5.48. The Morgan fingerprint density at radius 1 is 1.24 bits per heavy atom. The quantitative estimate of drug-likeness (QED) is 0.597. The average molecular weight is 238 g/mol. The topological polar surface area (TPSA) is 58.9 Å². The molecule has 0 heterocycles. The number of ether oxygens (including phenoxy) is 2. The molecule has 0 fully saturated rings. The molecule has 17 heavy (non-hydrogen) atoms. The van der Waals surface area contributed by atoms with E-state index >= 15 is 0 Å². The molecule has 0 spiro atoms. The third kappa shape index (κ3) is 3.73. The fourth-order valence-electron chi connectivity index (χ4n) is 1.54. The van der Waals surface area contributed by atoms with Crippen molar-refractivity contribution >= 4 is 12.6 Å². The van der Waals surface area contributed by atoms with Crippen molar-refractivity contribution in [3.05, 3.63) is 23.8 Å². The number of hydrogen-bond donors (Lipinski definition) is 2.